The minimum atomic E-state index is -0.575. The molecule has 2 aliphatic heterocycles. The monoisotopic (exact) mass is 276 g/mol. The number of benzene rings is 1. The Balaban J connectivity index is 2.21. The van der Waals surface area contributed by atoms with Crippen molar-refractivity contribution in [1.29, 1.82) is 0 Å². The Morgan fingerprint density at radius 2 is 1.80 bits per heavy atom. The number of esters is 1. The van der Waals surface area contributed by atoms with E-state index < -0.39 is 5.60 Å². The fraction of sp³-hybridized carbons (Fsp3) is 0.400. The molecule has 3 rings (SSSR count). The molecular formula is C15H16O5. The average Bonchev–Trinajstić information content (AvgIpc) is 2.80. The molecule has 2 aliphatic rings. The largest absolute Gasteiger partial charge is 0.493 e. The van der Waals surface area contributed by atoms with Gasteiger partial charge < -0.3 is 18.9 Å². The highest BCUT2D eigenvalue weighted by molar-refractivity contribution is 5.91. The third kappa shape index (κ3) is 1.73. The molecule has 1 aromatic carbocycles. The van der Waals surface area contributed by atoms with Gasteiger partial charge in [0.2, 0.25) is 0 Å². The molecule has 0 radical (unpaired) electrons. The molecule has 2 heterocycles. The molecule has 0 amide bonds. The van der Waals surface area contributed by atoms with Crippen molar-refractivity contribution in [3.63, 3.8) is 0 Å². The van der Waals surface area contributed by atoms with Crippen molar-refractivity contribution in [2.75, 3.05) is 14.2 Å². The Morgan fingerprint density at radius 3 is 2.45 bits per heavy atom. The van der Waals surface area contributed by atoms with Crippen LogP contribution < -0.4 is 14.2 Å². The third-order valence-electron chi connectivity index (χ3n) is 3.63. The predicted molar refractivity (Wildman–Crippen MR) is 71.9 cm³/mol. The lowest BCUT2D eigenvalue weighted by Crippen LogP contribution is -2.33. The summed E-state index contributed by atoms with van der Waals surface area (Å²) in [5.41, 5.74) is 1.01. The summed E-state index contributed by atoms with van der Waals surface area (Å²) in [4.78, 5) is 11.6. The van der Waals surface area contributed by atoms with Crippen molar-refractivity contribution in [2.24, 2.45) is 0 Å². The molecular weight excluding hydrogens is 260 g/mol. The first-order valence-electron chi connectivity index (χ1n) is 6.36. The maximum absolute atomic E-state index is 11.6. The summed E-state index contributed by atoms with van der Waals surface area (Å²) in [7, 11) is 3.13. The van der Waals surface area contributed by atoms with Crippen molar-refractivity contribution in [3.05, 3.63) is 23.3 Å². The molecule has 0 unspecified atom stereocenters. The lowest BCUT2D eigenvalue weighted by molar-refractivity contribution is -0.134. The van der Waals surface area contributed by atoms with Crippen LogP contribution in [0.5, 0.6) is 17.2 Å². The first kappa shape index (κ1) is 12.8. The predicted octanol–water partition coefficient (Wildman–Crippen LogP) is 2.53. The quantitative estimate of drug-likeness (QED) is 0.777. The average molecular weight is 276 g/mol. The number of carbonyl (C=O) groups excluding carboxylic acids is 1. The van der Waals surface area contributed by atoms with Gasteiger partial charge in [0.05, 0.1) is 26.2 Å². The van der Waals surface area contributed by atoms with E-state index in [4.69, 9.17) is 18.9 Å². The summed E-state index contributed by atoms with van der Waals surface area (Å²) in [6.07, 6.45) is 0.260. The van der Waals surface area contributed by atoms with Crippen LogP contribution in [0.25, 0.3) is 5.76 Å². The van der Waals surface area contributed by atoms with Gasteiger partial charge in [-0.1, -0.05) is 0 Å². The molecule has 0 bridgehead atoms. The number of fused-ring (bicyclic) bond motifs is 2. The van der Waals surface area contributed by atoms with Gasteiger partial charge in [-0.05, 0) is 19.9 Å². The Morgan fingerprint density at radius 1 is 1.15 bits per heavy atom. The molecule has 0 aliphatic carbocycles. The summed E-state index contributed by atoms with van der Waals surface area (Å²) in [5, 5.41) is 0. The first-order valence-corrected chi connectivity index (χ1v) is 6.36. The normalized spacial score (nSPS) is 18.9. The molecule has 1 aromatic rings. The Labute approximate surface area is 117 Å². The van der Waals surface area contributed by atoms with E-state index in [1.54, 1.807) is 26.4 Å². The highest BCUT2D eigenvalue weighted by Crippen LogP contribution is 2.49. The van der Waals surface area contributed by atoms with Crippen LogP contribution in [0.3, 0.4) is 0 Å². The van der Waals surface area contributed by atoms with Crippen LogP contribution in [0.15, 0.2) is 17.7 Å². The number of rotatable bonds is 2. The maximum Gasteiger partial charge on any atom is 0.315 e. The van der Waals surface area contributed by atoms with Crippen LogP contribution in [0, 0.1) is 0 Å². The zero-order valence-electron chi connectivity index (χ0n) is 11.9. The molecule has 0 spiro atoms. The molecule has 0 aromatic heterocycles. The maximum atomic E-state index is 11.6. The minimum absolute atomic E-state index is 0.255. The fourth-order valence-electron chi connectivity index (χ4n) is 2.60. The summed E-state index contributed by atoms with van der Waals surface area (Å²) in [5.74, 6) is 2.11. The van der Waals surface area contributed by atoms with Crippen LogP contribution in [-0.4, -0.2) is 25.8 Å². The summed E-state index contributed by atoms with van der Waals surface area (Å²) < 4.78 is 21.9. The van der Waals surface area contributed by atoms with E-state index >= 15 is 0 Å². The van der Waals surface area contributed by atoms with E-state index in [9.17, 15) is 4.79 Å². The summed E-state index contributed by atoms with van der Waals surface area (Å²) >= 11 is 0. The van der Waals surface area contributed by atoms with Gasteiger partial charge in [0.15, 0.2) is 11.5 Å². The number of methoxy groups -OCH3 is 2. The second-order valence-corrected chi connectivity index (χ2v) is 5.27. The molecule has 0 saturated heterocycles. The summed E-state index contributed by atoms with van der Waals surface area (Å²) in [6.45, 7) is 3.84. The van der Waals surface area contributed by atoms with E-state index in [0.717, 1.165) is 11.1 Å². The highest BCUT2D eigenvalue weighted by atomic mass is 16.6. The lowest BCUT2D eigenvalue weighted by Gasteiger charge is -2.33. The second-order valence-electron chi connectivity index (χ2n) is 5.27. The topological polar surface area (TPSA) is 54.0 Å². The number of hydrogen-bond acceptors (Lipinski definition) is 5. The van der Waals surface area contributed by atoms with E-state index in [2.05, 4.69) is 0 Å². The van der Waals surface area contributed by atoms with Crippen molar-refractivity contribution in [3.8, 4) is 17.2 Å². The van der Waals surface area contributed by atoms with Gasteiger partial charge in [0.25, 0.3) is 0 Å². The van der Waals surface area contributed by atoms with Crippen LogP contribution in [0.1, 0.15) is 25.8 Å². The van der Waals surface area contributed by atoms with Crippen molar-refractivity contribution >= 4 is 11.7 Å². The molecule has 0 fully saturated rings. The molecule has 0 N–H and O–H groups in total. The zero-order valence-corrected chi connectivity index (χ0v) is 11.9. The molecule has 20 heavy (non-hydrogen) atoms. The van der Waals surface area contributed by atoms with Crippen LogP contribution in [-0.2, 0) is 9.53 Å². The van der Waals surface area contributed by atoms with Crippen molar-refractivity contribution in [1.82, 2.24) is 0 Å². The van der Waals surface area contributed by atoms with Crippen LogP contribution >= 0.6 is 0 Å². The van der Waals surface area contributed by atoms with Crippen molar-refractivity contribution in [2.45, 2.75) is 25.9 Å². The third-order valence-corrected chi connectivity index (χ3v) is 3.63. The highest BCUT2D eigenvalue weighted by Gasteiger charge is 2.42. The smallest absolute Gasteiger partial charge is 0.315 e. The molecule has 106 valence electrons. The van der Waals surface area contributed by atoms with Gasteiger partial charge in [0, 0.05) is 11.6 Å². The minimum Gasteiger partial charge on any atom is -0.493 e. The lowest BCUT2D eigenvalue weighted by atomic mass is 9.90. The zero-order chi connectivity index (χ0) is 14.5. The van der Waals surface area contributed by atoms with Crippen molar-refractivity contribution < 1.29 is 23.7 Å². The fourth-order valence-corrected chi connectivity index (χ4v) is 2.60. The van der Waals surface area contributed by atoms with Gasteiger partial charge in [0.1, 0.15) is 17.1 Å². The summed E-state index contributed by atoms with van der Waals surface area (Å²) in [6, 6.07) is 3.53. The SMILES string of the molecule is COc1cc2c(cc1OC)C1=C(CC(=O)O1)C(C)(C)O2. The Hall–Kier alpha value is -2.17. The number of hydrogen-bond donors (Lipinski definition) is 0. The Bertz CT molecular complexity index is 627. The van der Waals surface area contributed by atoms with E-state index in [-0.39, 0.29) is 12.4 Å². The number of carbonyl (C=O) groups is 1. The second kappa shape index (κ2) is 4.16. The standard InChI is InChI=1S/C15H16O5/c1-15(2)9-6-13(16)19-14(9)8-5-11(17-3)12(18-4)7-10(8)20-15/h5,7H,6H2,1-4H3. The number of ether oxygens (including phenoxy) is 4. The first-order chi connectivity index (χ1) is 9.46. The van der Waals surface area contributed by atoms with Gasteiger partial charge in [-0.2, -0.15) is 0 Å². The van der Waals surface area contributed by atoms with E-state index in [0.29, 0.717) is 23.0 Å². The van der Waals surface area contributed by atoms with Gasteiger partial charge in [-0.15, -0.1) is 0 Å². The van der Waals surface area contributed by atoms with E-state index in [1.807, 2.05) is 13.8 Å². The molecule has 0 saturated carbocycles. The Kier molecular flexibility index (Phi) is 2.67. The van der Waals surface area contributed by atoms with Crippen LogP contribution in [0.4, 0.5) is 0 Å². The van der Waals surface area contributed by atoms with Gasteiger partial charge >= 0.3 is 5.97 Å². The molecule has 0 atom stereocenters. The molecule has 5 nitrogen and oxygen atoms in total. The van der Waals surface area contributed by atoms with Gasteiger partial charge in [-0.3, -0.25) is 4.79 Å². The van der Waals surface area contributed by atoms with Gasteiger partial charge in [-0.25, -0.2) is 0 Å². The van der Waals surface area contributed by atoms with Crippen LogP contribution in [0.2, 0.25) is 0 Å². The van der Waals surface area contributed by atoms with E-state index in [1.165, 1.54) is 0 Å². The molecule has 5 heteroatoms.